The molecule has 23 valence electrons. The molecule has 0 saturated carbocycles. The summed E-state index contributed by atoms with van der Waals surface area (Å²) >= 11 is -3.94. The van der Waals surface area contributed by atoms with Crippen molar-refractivity contribution < 1.29 is 26.0 Å². The molecule has 0 radical (unpaired) electrons. The Bertz CT molecular complexity index is 72.7. The molecule has 0 aliphatic carbocycles. The molecule has 0 spiro atoms. The Morgan fingerprint density at radius 3 is 1.00 bits per heavy atom. The SMILES string of the molecule is [O]=[V](=[O])=[O]. The van der Waals surface area contributed by atoms with Gasteiger partial charge >= 0.3 is 26.0 Å². The Labute approximate surface area is 26.9 Å². The summed E-state index contributed by atoms with van der Waals surface area (Å²) < 4.78 is 25.7. The summed E-state index contributed by atoms with van der Waals surface area (Å²) in [6.45, 7) is 0. The quantitative estimate of drug-likeness (QED) is 0.416. The molecule has 4 heteroatoms. The molecule has 0 N–H and O–H groups in total. The summed E-state index contributed by atoms with van der Waals surface area (Å²) in [6, 6.07) is 0. The third kappa shape index (κ3) is 7920. The Kier molecular flexibility index (Phi) is 1.31. The van der Waals surface area contributed by atoms with Gasteiger partial charge in [0, 0.05) is 0 Å². The van der Waals surface area contributed by atoms with Crippen LogP contribution in [0.5, 0.6) is 0 Å². The van der Waals surface area contributed by atoms with E-state index in [1.807, 2.05) is 0 Å². The molecule has 0 aromatic heterocycles. The summed E-state index contributed by atoms with van der Waals surface area (Å²) in [6.07, 6.45) is 0. The number of hydrogen-bond donors (Lipinski definition) is 0. The van der Waals surface area contributed by atoms with Gasteiger partial charge in [0.15, 0.2) is 0 Å². The van der Waals surface area contributed by atoms with E-state index in [1.54, 1.807) is 0 Å². The minimum atomic E-state index is -3.94. The molecule has 0 atom stereocenters. The third-order valence-electron chi connectivity index (χ3n) is 0. The molecule has 0 saturated heterocycles. The van der Waals surface area contributed by atoms with E-state index < -0.39 is 15.0 Å². The van der Waals surface area contributed by atoms with E-state index in [1.165, 1.54) is 0 Å². The Morgan fingerprint density at radius 2 is 1.00 bits per heavy atom. The van der Waals surface area contributed by atoms with Crippen molar-refractivity contribution in [2.75, 3.05) is 0 Å². The molecule has 0 heterocycles. The summed E-state index contributed by atoms with van der Waals surface area (Å²) in [5.41, 5.74) is 0. The molecule has 3 nitrogen and oxygen atoms in total. The first-order valence-electron chi connectivity index (χ1n) is 0.548. The maximum atomic E-state index is 8.56. The van der Waals surface area contributed by atoms with Crippen molar-refractivity contribution in [3.05, 3.63) is 0 Å². The van der Waals surface area contributed by atoms with Gasteiger partial charge in [-0.15, -0.1) is 0 Å². The van der Waals surface area contributed by atoms with Gasteiger partial charge in [0.1, 0.15) is 0 Å². The predicted octanol–water partition coefficient (Wildman–Crippen LogP) is -0.359. The van der Waals surface area contributed by atoms with E-state index in [-0.39, 0.29) is 0 Å². The molecule has 0 aromatic rings. The summed E-state index contributed by atoms with van der Waals surface area (Å²) in [5, 5.41) is 0. The molecule has 0 aliphatic heterocycles. The second-order valence-electron chi connectivity index (χ2n) is 0.224. The van der Waals surface area contributed by atoms with E-state index in [0.717, 1.165) is 0 Å². The van der Waals surface area contributed by atoms with Crippen LogP contribution in [0, 0.1) is 0 Å². The predicted molar refractivity (Wildman–Crippen MR) is 2.06 cm³/mol. The molecule has 4 heavy (non-hydrogen) atoms. The van der Waals surface area contributed by atoms with Gasteiger partial charge in [-0.1, -0.05) is 0 Å². The fourth-order valence-corrected chi connectivity index (χ4v) is 0. The van der Waals surface area contributed by atoms with Crippen LogP contribution in [0.15, 0.2) is 0 Å². The molecule has 0 rings (SSSR count). The normalized spacial score (nSPS) is 6.00. The van der Waals surface area contributed by atoms with Crippen LogP contribution in [0.4, 0.5) is 0 Å². The first-order valence-corrected chi connectivity index (χ1v) is 2.26. The van der Waals surface area contributed by atoms with Crippen molar-refractivity contribution in [1.29, 1.82) is 0 Å². The topological polar surface area (TPSA) is 51.2 Å². The molecule has 0 aromatic carbocycles. The van der Waals surface area contributed by atoms with E-state index in [9.17, 15) is 0 Å². The molecule has 0 aliphatic rings. The molecule has 0 bridgehead atoms. The molecular formula is O3V. The van der Waals surface area contributed by atoms with Gasteiger partial charge in [-0.05, 0) is 0 Å². The van der Waals surface area contributed by atoms with E-state index in [0.29, 0.717) is 0 Å². The van der Waals surface area contributed by atoms with Gasteiger partial charge in [0.25, 0.3) is 0 Å². The van der Waals surface area contributed by atoms with Crippen molar-refractivity contribution in [2.24, 2.45) is 0 Å². The molecule has 0 unspecified atom stereocenters. The second kappa shape index (κ2) is 1.32. The van der Waals surface area contributed by atoms with Crippen LogP contribution in [0.25, 0.3) is 0 Å². The van der Waals surface area contributed by atoms with Crippen molar-refractivity contribution >= 4 is 0 Å². The van der Waals surface area contributed by atoms with Crippen LogP contribution in [0.2, 0.25) is 0 Å². The van der Waals surface area contributed by atoms with Gasteiger partial charge in [0.2, 0.25) is 0 Å². The summed E-state index contributed by atoms with van der Waals surface area (Å²) in [4.78, 5) is 0. The third-order valence-corrected chi connectivity index (χ3v) is 0. The standard InChI is InChI=1S/3O.V. The van der Waals surface area contributed by atoms with Gasteiger partial charge in [-0.2, -0.15) is 0 Å². The first kappa shape index (κ1) is 3.98. The fraction of sp³-hybridized carbons (Fsp3) is 0. The fourth-order valence-electron chi connectivity index (χ4n) is 0. The second-order valence-corrected chi connectivity index (χ2v) is 0.922. The van der Waals surface area contributed by atoms with Gasteiger partial charge in [-0.25, -0.2) is 0 Å². The minimum absolute atomic E-state index is 3.94. The molecular weight excluding hydrogens is 98.9 g/mol. The van der Waals surface area contributed by atoms with E-state index in [2.05, 4.69) is 0 Å². The zero-order valence-corrected chi connectivity index (χ0v) is 3.07. The van der Waals surface area contributed by atoms with Gasteiger partial charge in [0.05, 0.1) is 0 Å². The Morgan fingerprint density at radius 1 is 1.00 bits per heavy atom. The zero-order chi connectivity index (χ0) is 3.58. The summed E-state index contributed by atoms with van der Waals surface area (Å²) in [7, 11) is 0. The van der Waals surface area contributed by atoms with Crippen molar-refractivity contribution in [3.63, 3.8) is 0 Å². The first-order chi connectivity index (χ1) is 1.73. The zero-order valence-electron chi connectivity index (χ0n) is 1.67. The van der Waals surface area contributed by atoms with Gasteiger partial charge < -0.3 is 0 Å². The average molecular weight is 98.9 g/mol. The van der Waals surface area contributed by atoms with Crippen LogP contribution in [0.1, 0.15) is 0 Å². The van der Waals surface area contributed by atoms with Crippen molar-refractivity contribution in [2.45, 2.75) is 0 Å². The molecule has 0 fully saturated rings. The van der Waals surface area contributed by atoms with E-state index >= 15 is 0 Å². The van der Waals surface area contributed by atoms with Crippen LogP contribution in [0.3, 0.4) is 0 Å². The van der Waals surface area contributed by atoms with Crippen molar-refractivity contribution in [3.8, 4) is 0 Å². The molecule has 0 amide bonds. The van der Waals surface area contributed by atoms with E-state index in [4.69, 9.17) is 11.0 Å². The monoisotopic (exact) mass is 98.9 g/mol. The van der Waals surface area contributed by atoms with Gasteiger partial charge in [-0.3, -0.25) is 0 Å². The Hall–Kier alpha value is -0.0156. The number of rotatable bonds is 0. The summed E-state index contributed by atoms with van der Waals surface area (Å²) in [5.74, 6) is 0. The number of hydrogen-bond acceptors (Lipinski definition) is 3. The van der Waals surface area contributed by atoms with Crippen molar-refractivity contribution in [1.82, 2.24) is 0 Å². The van der Waals surface area contributed by atoms with Crippen LogP contribution < -0.4 is 0 Å². The maximum absolute atomic E-state index is 8.56. The van der Waals surface area contributed by atoms with Crippen LogP contribution in [-0.4, -0.2) is 0 Å². The van der Waals surface area contributed by atoms with Crippen LogP contribution >= 0.6 is 0 Å². The average Bonchev–Trinajstić information content (AvgIpc) is 0.811. The van der Waals surface area contributed by atoms with Crippen LogP contribution in [-0.2, 0) is 26.0 Å². The Balaban J connectivity index is 4.65.